The Morgan fingerprint density at radius 2 is 0.844 bits per heavy atom. The lowest BCUT2D eigenvalue weighted by Gasteiger charge is -2.34. The number of nitrogens with zero attached hydrogens (tertiary/aromatic N) is 1. The summed E-state index contributed by atoms with van der Waals surface area (Å²) in [6, 6.07) is 87.7. The normalized spacial score (nSPS) is 12.8. The van der Waals surface area contributed by atoms with Gasteiger partial charge in [-0.05, 0) is 98.6 Å². The first-order valence-corrected chi connectivity index (χ1v) is 23.5. The van der Waals surface area contributed by atoms with E-state index in [1.54, 1.807) is 0 Å². The molecule has 0 aliphatic heterocycles. The van der Waals surface area contributed by atoms with Gasteiger partial charge >= 0.3 is 0 Å². The molecule has 300 valence electrons. The molecular weight excluding hydrogens is 811 g/mol. The largest absolute Gasteiger partial charge is 0.310 e. The summed E-state index contributed by atoms with van der Waals surface area (Å²) in [6.45, 7) is 0. The number of hydrogen-bond acceptors (Lipinski definition) is 3. The zero-order chi connectivity index (χ0) is 42.2. The molecule has 3 heteroatoms. The Labute approximate surface area is 380 Å². The van der Waals surface area contributed by atoms with Crippen molar-refractivity contribution in [1.82, 2.24) is 0 Å². The zero-order valence-corrected chi connectivity index (χ0v) is 36.4. The highest BCUT2D eigenvalue weighted by molar-refractivity contribution is 7.26. The summed E-state index contributed by atoms with van der Waals surface area (Å²) >= 11 is 3.75. The lowest BCUT2D eigenvalue weighted by Crippen LogP contribution is -2.28. The molecule has 0 bridgehead atoms. The van der Waals surface area contributed by atoms with Gasteiger partial charge in [0.05, 0.1) is 11.1 Å². The summed E-state index contributed by atoms with van der Waals surface area (Å²) in [5, 5.41) is 5.28. The molecule has 0 unspecified atom stereocenters. The molecule has 0 saturated heterocycles. The summed E-state index contributed by atoms with van der Waals surface area (Å²) in [5.74, 6) is 0. The molecule has 2 aromatic heterocycles. The molecule has 13 rings (SSSR count). The SMILES string of the molecule is c1ccc(C2(c3ccccc3)c3ccccc3-c3c(N(c4ccc(-c5ccc6c(c5)sc5ccccc56)cc4)c4ccc(-c5cccc6c5sc5ccccc56)cc4)cccc32)cc1. The van der Waals surface area contributed by atoms with E-state index in [4.69, 9.17) is 0 Å². The maximum atomic E-state index is 2.48. The van der Waals surface area contributed by atoms with Crippen molar-refractivity contribution in [3.8, 4) is 33.4 Å². The van der Waals surface area contributed by atoms with Gasteiger partial charge in [-0.2, -0.15) is 0 Å². The first kappa shape index (κ1) is 37.0. The molecule has 0 radical (unpaired) electrons. The smallest absolute Gasteiger partial charge is 0.0714 e. The van der Waals surface area contributed by atoms with E-state index in [0.29, 0.717) is 0 Å². The number of hydrogen-bond donors (Lipinski definition) is 0. The highest BCUT2D eigenvalue weighted by atomic mass is 32.1. The molecule has 12 aromatic rings. The Bertz CT molecular complexity index is 3670. The van der Waals surface area contributed by atoms with E-state index in [2.05, 4.69) is 241 Å². The van der Waals surface area contributed by atoms with E-state index >= 15 is 0 Å². The lowest BCUT2D eigenvalue weighted by atomic mass is 9.68. The van der Waals surface area contributed by atoms with Crippen molar-refractivity contribution < 1.29 is 0 Å². The maximum absolute atomic E-state index is 2.48. The standard InChI is InChI=1S/C61H39NS2/c1-3-15-43(16-4-1)61(44-17-5-2-6-18-44)53-24-10-7-21-52(53)59-54(61)25-14-26-55(59)62(45-34-29-40(30-35-45)42-33-38-50-48-19-8-11-27-56(48)63-58(50)39-42)46-36-31-41(32-37-46)47-22-13-23-51-49-20-9-12-28-57(49)64-60(47)51/h1-39H. The second kappa shape index (κ2) is 14.8. The Kier molecular flexibility index (Phi) is 8.55. The van der Waals surface area contributed by atoms with Gasteiger partial charge in [-0.15, -0.1) is 22.7 Å². The minimum atomic E-state index is -0.502. The van der Waals surface area contributed by atoms with Crippen molar-refractivity contribution in [2.24, 2.45) is 0 Å². The first-order chi connectivity index (χ1) is 31.7. The van der Waals surface area contributed by atoms with Gasteiger partial charge in [0.15, 0.2) is 0 Å². The predicted molar refractivity (Wildman–Crippen MR) is 275 cm³/mol. The number of thiophene rings is 2. The van der Waals surface area contributed by atoms with Crippen molar-refractivity contribution in [2.45, 2.75) is 5.41 Å². The molecule has 0 saturated carbocycles. The monoisotopic (exact) mass is 849 g/mol. The molecule has 0 amide bonds. The van der Waals surface area contributed by atoms with E-state index in [1.165, 1.54) is 96.0 Å². The highest BCUT2D eigenvalue weighted by Crippen LogP contribution is 2.59. The maximum Gasteiger partial charge on any atom is 0.0714 e. The molecule has 10 aromatic carbocycles. The van der Waals surface area contributed by atoms with Gasteiger partial charge in [0.2, 0.25) is 0 Å². The summed E-state index contributed by atoms with van der Waals surface area (Å²) in [4.78, 5) is 2.48. The second-order valence-corrected chi connectivity index (χ2v) is 18.9. The second-order valence-electron chi connectivity index (χ2n) is 16.7. The first-order valence-electron chi connectivity index (χ1n) is 21.9. The molecule has 0 fully saturated rings. The van der Waals surface area contributed by atoms with Crippen LogP contribution in [0.4, 0.5) is 17.1 Å². The highest BCUT2D eigenvalue weighted by Gasteiger charge is 2.47. The summed E-state index contributed by atoms with van der Waals surface area (Å²) in [5.41, 5.74) is 15.4. The zero-order valence-electron chi connectivity index (χ0n) is 34.8. The Balaban J connectivity index is 1.00. The van der Waals surface area contributed by atoms with Crippen LogP contribution in [0.15, 0.2) is 237 Å². The van der Waals surface area contributed by atoms with Gasteiger partial charge in [-0.1, -0.05) is 188 Å². The number of anilines is 3. The average molecular weight is 850 g/mol. The van der Waals surface area contributed by atoms with Crippen LogP contribution in [-0.4, -0.2) is 0 Å². The van der Waals surface area contributed by atoms with Crippen LogP contribution < -0.4 is 4.90 Å². The van der Waals surface area contributed by atoms with Gasteiger partial charge in [0, 0.05) is 57.3 Å². The van der Waals surface area contributed by atoms with E-state index in [-0.39, 0.29) is 0 Å². The molecule has 64 heavy (non-hydrogen) atoms. The molecule has 1 aliphatic carbocycles. The third-order valence-corrected chi connectivity index (χ3v) is 15.7. The fourth-order valence-corrected chi connectivity index (χ4v) is 12.9. The summed E-state index contributed by atoms with van der Waals surface area (Å²) in [7, 11) is 0. The van der Waals surface area contributed by atoms with Crippen molar-refractivity contribution in [3.05, 3.63) is 259 Å². The Hall–Kier alpha value is -7.56. The van der Waals surface area contributed by atoms with E-state index in [0.717, 1.165) is 17.1 Å². The molecule has 0 spiro atoms. The summed E-state index contributed by atoms with van der Waals surface area (Å²) in [6.07, 6.45) is 0. The molecule has 1 nitrogen and oxygen atoms in total. The molecule has 0 N–H and O–H groups in total. The fourth-order valence-electron chi connectivity index (χ4n) is 10.6. The van der Waals surface area contributed by atoms with Crippen LogP contribution in [0.1, 0.15) is 22.3 Å². The van der Waals surface area contributed by atoms with Gasteiger partial charge in [0.25, 0.3) is 0 Å². The topological polar surface area (TPSA) is 3.24 Å². The minimum absolute atomic E-state index is 0.502. The van der Waals surface area contributed by atoms with Crippen LogP contribution in [0, 0.1) is 0 Å². The summed E-state index contributed by atoms with van der Waals surface area (Å²) < 4.78 is 5.29. The predicted octanol–water partition coefficient (Wildman–Crippen LogP) is 17.6. The van der Waals surface area contributed by atoms with Crippen molar-refractivity contribution in [3.63, 3.8) is 0 Å². The number of benzene rings is 10. The van der Waals surface area contributed by atoms with Crippen LogP contribution in [0.3, 0.4) is 0 Å². The third-order valence-electron chi connectivity index (χ3n) is 13.4. The Morgan fingerprint density at radius 3 is 1.56 bits per heavy atom. The van der Waals surface area contributed by atoms with E-state index < -0.39 is 5.41 Å². The van der Waals surface area contributed by atoms with Gasteiger partial charge in [0.1, 0.15) is 0 Å². The minimum Gasteiger partial charge on any atom is -0.310 e. The van der Waals surface area contributed by atoms with Crippen LogP contribution in [0.5, 0.6) is 0 Å². The van der Waals surface area contributed by atoms with E-state index in [1.807, 2.05) is 22.7 Å². The molecular formula is C61H39NS2. The van der Waals surface area contributed by atoms with Crippen LogP contribution >= 0.6 is 22.7 Å². The van der Waals surface area contributed by atoms with Gasteiger partial charge in [-0.25, -0.2) is 0 Å². The number of rotatable bonds is 7. The van der Waals surface area contributed by atoms with Crippen molar-refractivity contribution in [1.29, 1.82) is 0 Å². The average Bonchev–Trinajstić information content (AvgIpc) is 4.04. The lowest BCUT2D eigenvalue weighted by molar-refractivity contribution is 0.768. The van der Waals surface area contributed by atoms with Crippen LogP contribution in [0.2, 0.25) is 0 Å². The molecule has 0 atom stereocenters. The van der Waals surface area contributed by atoms with Crippen molar-refractivity contribution >= 4 is 80.1 Å². The quantitative estimate of drug-likeness (QED) is 0.154. The Morgan fingerprint density at radius 1 is 0.328 bits per heavy atom. The van der Waals surface area contributed by atoms with Crippen molar-refractivity contribution in [2.75, 3.05) is 4.90 Å². The van der Waals surface area contributed by atoms with Crippen LogP contribution in [0.25, 0.3) is 73.7 Å². The third kappa shape index (κ3) is 5.61. The molecule has 2 heterocycles. The van der Waals surface area contributed by atoms with Crippen LogP contribution in [-0.2, 0) is 5.41 Å². The van der Waals surface area contributed by atoms with Gasteiger partial charge in [-0.3, -0.25) is 0 Å². The molecule has 1 aliphatic rings. The van der Waals surface area contributed by atoms with Gasteiger partial charge < -0.3 is 4.90 Å². The van der Waals surface area contributed by atoms with E-state index in [9.17, 15) is 0 Å². The number of fused-ring (bicyclic) bond motifs is 9. The fraction of sp³-hybridized carbons (Fsp3) is 0.0164.